The van der Waals surface area contributed by atoms with Gasteiger partial charge in [0.05, 0.1) is 0 Å². The molecule has 0 heterocycles. The average molecular weight is 254 g/mol. The lowest BCUT2D eigenvalue weighted by Gasteiger charge is -2.20. The normalized spacial score (nSPS) is 18.1. The number of hydrogen-bond donors (Lipinski definition) is 0. The first-order valence-corrected chi connectivity index (χ1v) is 7.25. The van der Waals surface area contributed by atoms with Crippen molar-refractivity contribution in [3.63, 3.8) is 0 Å². The second-order valence-corrected chi connectivity index (χ2v) is 5.75. The van der Waals surface area contributed by atoms with E-state index in [0.29, 0.717) is 5.92 Å². The molecule has 0 heteroatoms. The topological polar surface area (TPSA) is 0 Å². The molecule has 0 fully saturated rings. The number of fused-ring (bicyclic) bond motifs is 5. The van der Waals surface area contributed by atoms with Gasteiger partial charge in [0.15, 0.2) is 0 Å². The molecule has 1 unspecified atom stereocenters. The quantitative estimate of drug-likeness (QED) is 0.506. The summed E-state index contributed by atoms with van der Waals surface area (Å²) in [5.41, 5.74) is 7.37. The molecule has 1 atom stereocenters. The molecular weight excluding hydrogens is 240 g/mol. The summed E-state index contributed by atoms with van der Waals surface area (Å²) in [4.78, 5) is 0. The molecule has 5 rings (SSSR count). The number of rotatable bonds is 0. The van der Waals surface area contributed by atoms with Gasteiger partial charge in [-0.1, -0.05) is 60.7 Å². The molecule has 2 aliphatic carbocycles. The van der Waals surface area contributed by atoms with Crippen molar-refractivity contribution in [1.29, 1.82) is 0 Å². The summed E-state index contributed by atoms with van der Waals surface area (Å²) < 4.78 is 0. The van der Waals surface area contributed by atoms with Gasteiger partial charge in [0.25, 0.3) is 0 Å². The van der Waals surface area contributed by atoms with Gasteiger partial charge in [-0.3, -0.25) is 0 Å². The van der Waals surface area contributed by atoms with Crippen LogP contribution in [0.2, 0.25) is 0 Å². The van der Waals surface area contributed by atoms with Gasteiger partial charge in [-0.05, 0) is 51.1 Å². The minimum atomic E-state index is 0.561. The largest absolute Gasteiger partial charge is 0.0830 e. The minimum Gasteiger partial charge on any atom is -0.0830 e. The van der Waals surface area contributed by atoms with Crippen LogP contribution in [0.25, 0.3) is 28.0 Å². The highest BCUT2D eigenvalue weighted by Crippen LogP contribution is 2.51. The fourth-order valence-electron chi connectivity index (χ4n) is 3.94. The van der Waals surface area contributed by atoms with E-state index in [1.165, 1.54) is 33.0 Å². The van der Waals surface area contributed by atoms with E-state index in [2.05, 4.69) is 66.7 Å². The van der Waals surface area contributed by atoms with Gasteiger partial charge in [-0.25, -0.2) is 0 Å². The molecule has 20 heavy (non-hydrogen) atoms. The Morgan fingerprint density at radius 1 is 0.850 bits per heavy atom. The van der Waals surface area contributed by atoms with E-state index < -0.39 is 0 Å². The summed E-state index contributed by atoms with van der Waals surface area (Å²) in [6.45, 7) is 0. The number of benzene rings is 3. The third-order valence-electron chi connectivity index (χ3n) is 4.76. The maximum Gasteiger partial charge on any atom is 0.0142 e. The lowest BCUT2D eigenvalue weighted by atomic mass is 9.84. The molecule has 0 spiro atoms. The zero-order chi connectivity index (χ0) is 13.1. The van der Waals surface area contributed by atoms with Crippen molar-refractivity contribution in [2.45, 2.75) is 12.3 Å². The van der Waals surface area contributed by atoms with E-state index in [0.717, 1.165) is 6.42 Å². The molecule has 0 nitrogen and oxygen atoms in total. The molecule has 0 amide bonds. The molecule has 2 aliphatic rings. The van der Waals surface area contributed by atoms with E-state index in [9.17, 15) is 0 Å². The third kappa shape index (κ3) is 1.17. The van der Waals surface area contributed by atoms with Crippen LogP contribution in [0.4, 0.5) is 0 Å². The second-order valence-electron chi connectivity index (χ2n) is 5.75. The van der Waals surface area contributed by atoms with Crippen molar-refractivity contribution >= 4 is 16.8 Å². The molecule has 0 N–H and O–H groups in total. The van der Waals surface area contributed by atoms with Crippen molar-refractivity contribution in [2.24, 2.45) is 0 Å². The predicted octanol–water partition coefficient (Wildman–Crippen LogP) is 5.37. The SMILES string of the molecule is C1=Cc2c3c(cc4ccccc24)-c2ccccc2C3C1. The van der Waals surface area contributed by atoms with E-state index >= 15 is 0 Å². The van der Waals surface area contributed by atoms with Gasteiger partial charge in [0.2, 0.25) is 0 Å². The van der Waals surface area contributed by atoms with Crippen LogP contribution >= 0.6 is 0 Å². The first-order chi connectivity index (χ1) is 9.93. The number of allylic oxidation sites excluding steroid dienone is 1. The fraction of sp³-hybridized carbons (Fsp3) is 0.100. The van der Waals surface area contributed by atoms with Crippen LogP contribution in [-0.4, -0.2) is 0 Å². The maximum atomic E-state index is 2.38. The van der Waals surface area contributed by atoms with Gasteiger partial charge < -0.3 is 0 Å². The maximum absolute atomic E-state index is 2.38. The average Bonchev–Trinajstić information content (AvgIpc) is 2.84. The molecule has 0 aliphatic heterocycles. The van der Waals surface area contributed by atoms with Crippen molar-refractivity contribution in [3.8, 4) is 11.1 Å². The molecular formula is C20H14. The van der Waals surface area contributed by atoms with Crippen molar-refractivity contribution < 1.29 is 0 Å². The molecule has 0 saturated heterocycles. The van der Waals surface area contributed by atoms with Crippen molar-refractivity contribution in [1.82, 2.24) is 0 Å². The molecule has 0 radical (unpaired) electrons. The van der Waals surface area contributed by atoms with Crippen LogP contribution in [0.1, 0.15) is 29.0 Å². The Morgan fingerprint density at radius 2 is 1.70 bits per heavy atom. The minimum absolute atomic E-state index is 0.561. The third-order valence-corrected chi connectivity index (χ3v) is 4.76. The molecule has 3 aromatic rings. The van der Waals surface area contributed by atoms with Crippen molar-refractivity contribution in [2.75, 3.05) is 0 Å². The van der Waals surface area contributed by atoms with Gasteiger partial charge >= 0.3 is 0 Å². The first-order valence-electron chi connectivity index (χ1n) is 7.25. The Labute approximate surface area is 118 Å². The molecule has 0 aromatic heterocycles. The lowest BCUT2D eigenvalue weighted by molar-refractivity contribution is 0.846. The summed E-state index contributed by atoms with van der Waals surface area (Å²) in [6.07, 6.45) is 5.80. The molecule has 94 valence electrons. The monoisotopic (exact) mass is 254 g/mol. The second kappa shape index (κ2) is 3.61. The highest BCUT2D eigenvalue weighted by atomic mass is 14.3. The van der Waals surface area contributed by atoms with E-state index in [4.69, 9.17) is 0 Å². The van der Waals surface area contributed by atoms with E-state index in [-0.39, 0.29) is 0 Å². The van der Waals surface area contributed by atoms with Crippen LogP contribution in [0, 0.1) is 0 Å². The summed E-state index contributed by atoms with van der Waals surface area (Å²) in [6, 6.07) is 20.0. The zero-order valence-corrected chi connectivity index (χ0v) is 11.1. The Kier molecular flexibility index (Phi) is 1.88. The van der Waals surface area contributed by atoms with Gasteiger partial charge in [0.1, 0.15) is 0 Å². The summed E-state index contributed by atoms with van der Waals surface area (Å²) in [7, 11) is 0. The van der Waals surface area contributed by atoms with Crippen molar-refractivity contribution in [3.05, 3.63) is 77.4 Å². The van der Waals surface area contributed by atoms with Crippen LogP contribution in [0.3, 0.4) is 0 Å². The summed E-state index contributed by atoms with van der Waals surface area (Å²) >= 11 is 0. The highest BCUT2D eigenvalue weighted by Gasteiger charge is 2.31. The molecule has 0 bridgehead atoms. The first kappa shape index (κ1) is 10.4. The predicted molar refractivity (Wildman–Crippen MR) is 84.9 cm³/mol. The van der Waals surface area contributed by atoms with Crippen LogP contribution < -0.4 is 0 Å². The smallest absolute Gasteiger partial charge is 0.0142 e. The Morgan fingerprint density at radius 3 is 2.70 bits per heavy atom. The van der Waals surface area contributed by atoms with Gasteiger partial charge in [-0.15, -0.1) is 0 Å². The highest BCUT2D eigenvalue weighted by molar-refractivity contribution is 6.00. The zero-order valence-electron chi connectivity index (χ0n) is 11.1. The molecule has 3 aromatic carbocycles. The van der Waals surface area contributed by atoms with E-state index in [1.807, 2.05) is 0 Å². The van der Waals surface area contributed by atoms with Crippen LogP contribution in [0.5, 0.6) is 0 Å². The summed E-state index contributed by atoms with van der Waals surface area (Å²) in [5, 5.41) is 2.74. The van der Waals surface area contributed by atoms with Crippen LogP contribution in [0.15, 0.2) is 60.7 Å². The van der Waals surface area contributed by atoms with Crippen LogP contribution in [-0.2, 0) is 0 Å². The Bertz CT molecular complexity index is 884. The van der Waals surface area contributed by atoms with Gasteiger partial charge in [-0.2, -0.15) is 0 Å². The Balaban J connectivity index is 2.00. The fourth-order valence-corrected chi connectivity index (χ4v) is 3.94. The van der Waals surface area contributed by atoms with Gasteiger partial charge in [0, 0.05) is 5.92 Å². The standard InChI is InChI=1S/C20H14/c1-2-7-14-13(6-1)12-19-16-9-4-3-8-15(16)18-11-5-10-17(14)20(18)19/h1-10,12,18H,11H2. The molecule has 0 saturated carbocycles. The number of hydrogen-bond acceptors (Lipinski definition) is 0. The lowest BCUT2D eigenvalue weighted by Crippen LogP contribution is -2.01. The van der Waals surface area contributed by atoms with E-state index in [1.54, 1.807) is 5.56 Å². The summed E-state index contributed by atoms with van der Waals surface area (Å²) in [5.74, 6) is 0.561. The Hall–Kier alpha value is -2.34.